The third-order valence-corrected chi connectivity index (χ3v) is 3.85. The van der Waals surface area contributed by atoms with Gasteiger partial charge in [0.05, 0.1) is 17.8 Å². The van der Waals surface area contributed by atoms with Gasteiger partial charge in [-0.2, -0.15) is 10.4 Å². The van der Waals surface area contributed by atoms with E-state index in [9.17, 15) is 4.79 Å². The molecule has 0 spiro atoms. The fourth-order valence-corrected chi connectivity index (χ4v) is 2.79. The summed E-state index contributed by atoms with van der Waals surface area (Å²) in [6, 6.07) is 5.15. The Labute approximate surface area is 124 Å². The van der Waals surface area contributed by atoms with E-state index in [-0.39, 0.29) is 5.69 Å². The summed E-state index contributed by atoms with van der Waals surface area (Å²) in [7, 11) is 1.00. The average molecular weight is 389 g/mol. The van der Waals surface area contributed by atoms with E-state index in [4.69, 9.17) is 10.4 Å². The molecule has 2 aromatic rings. The SMILES string of the molecule is CO.N#Cc1cc(-c2cc(C=O)nn2PI)ncn1. The Morgan fingerprint density at radius 3 is 2.79 bits per heavy atom. The largest absolute Gasteiger partial charge is 0.400 e. The minimum Gasteiger partial charge on any atom is -0.400 e. The van der Waals surface area contributed by atoms with Gasteiger partial charge in [-0.05, 0) is 28.1 Å². The number of hydrogen-bond donors (Lipinski definition) is 1. The van der Waals surface area contributed by atoms with Crippen molar-refractivity contribution in [3.63, 3.8) is 0 Å². The Morgan fingerprint density at radius 1 is 1.47 bits per heavy atom. The van der Waals surface area contributed by atoms with Gasteiger partial charge in [0.2, 0.25) is 0 Å². The molecule has 1 N–H and O–H groups in total. The number of carbonyl (C=O) groups is 1. The van der Waals surface area contributed by atoms with Crippen molar-refractivity contribution >= 4 is 34.7 Å². The summed E-state index contributed by atoms with van der Waals surface area (Å²) in [6.07, 6.45) is 2.35. The summed E-state index contributed by atoms with van der Waals surface area (Å²) in [5.41, 5.74) is 1.92. The number of aliphatic hydroxyl groups is 1. The number of halogens is 1. The smallest absolute Gasteiger partial charge is 0.170 e. The molecule has 2 aromatic heterocycles. The number of nitriles is 1. The number of hydrogen-bond acceptors (Lipinski definition) is 6. The highest BCUT2D eigenvalue weighted by Gasteiger charge is 2.11. The molecule has 0 aliphatic rings. The monoisotopic (exact) mass is 389 g/mol. The molecule has 2 heterocycles. The second kappa shape index (κ2) is 7.89. The molecule has 7 nitrogen and oxygen atoms in total. The summed E-state index contributed by atoms with van der Waals surface area (Å²) >= 11 is 2.16. The van der Waals surface area contributed by atoms with E-state index < -0.39 is 0 Å². The maximum atomic E-state index is 10.7. The number of nitrogens with zero attached hydrogens (tertiary/aromatic N) is 5. The molecule has 98 valence electrons. The molecule has 1 atom stereocenters. The number of aliphatic hydroxyl groups excluding tert-OH is 1. The lowest BCUT2D eigenvalue weighted by Crippen LogP contribution is -1.93. The third kappa shape index (κ3) is 3.76. The molecule has 1 unspecified atom stereocenters. The predicted molar refractivity (Wildman–Crippen MR) is 79.2 cm³/mol. The van der Waals surface area contributed by atoms with Crippen molar-refractivity contribution < 1.29 is 9.90 Å². The highest BCUT2D eigenvalue weighted by Crippen LogP contribution is 2.30. The molecule has 0 radical (unpaired) electrons. The fourth-order valence-electron chi connectivity index (χ4n) is 1.26. The van der Waals surface area contributed by atoms with Crippen molar-refractivity contribution in [2.45, 2.75) is 0 Å². The zero-order chi connectivity index (χ0) is 14.3. The third-order valence-electron chi connectivity index (χ3n) is 1.97. The topological polar surface area (TPSA) is 105 Å². The second-order valence-corrected chi connectivity index (χ2v) is 5.01. The van der Waals surface area contributed by atoms with Gasteiger partial charge in [-0.15, -0.1) is 0 Å². The predicted octanol–water partition coefficient (Wildman–Crippen LogP) is 1.42. The molecule has 0 aromatic carbocycles. The van der Waals surface area contributed by atoms with Crippen LogP contribution in [0.5, 0.6) is 0 Å². The van der Waals surface area contributed by atoms with Gasteiger partial charge in [0.1, 0.15) is 23.8 Å². The number of aldehydes is 1. The quantitative estimate of drug-likeness (QED) is 0.484. The first-order valence-electron chi connectivity index (χ1n) is 4.87. The maximum absolute atomic E-state index is 10.7. The lowest BCUT2D eigenvalue weighted by Gasteiger charge is -2.01. The van der Waals surface area contributed by atoms with Crippen LogP contribution in [0.4, 0.5) is 0 Å². The summed E-state index contributed by atoms with van der Waals surface area (Å²) in [4.78, 5) is 18.6. The van der Waals surface area contributed by atoms with E-state index in [0.717, 1.165) is 7.11 Å². The first-order chi connectivity index (χ1) is 9.28. The molecule has 0 saturated carbocycles. The zero-order valence-corrected chi connectivity index (χ0v) is 12.9. The van der Waals surface area contributed by atoms with Gasteiger partial charge in [-0.25, -0.2) is 14.4 Å². The molecule has 19 heavy (non-hydrogen) atoms. The molecule has 2 rings (SSSR count). The van der Waals surface area contributed by atoms with E-state index in [1.54, 1.807) is 16.6 Å². The number of carbonyl (C=O) groups excluding carboxylic acids is 1. The highest BCUT2D eigenvalue weighted by molar-refractivity contribution is 14.2. The van der Waals surface area contributed by atoms with Crippen LogP contribution in [0, 0.1) is 11.3 Å². The van der Waals surface area contributed by atoms with Crippen molar-refractivity contribution in [1.82, 2.24) is 19.5 Å². The standard InChI is InChI=1S/C9H5IN5OP.CH4O/c10-17-15-9(2-7(4-16)14-15)8-1-6(3-11)12-5-13-8;1-2/h1-2,4-5,17H;2H,1H3. The van der Waals surface area contributed by atoms with Crippen LogP contribution in [0.2, 0.25) is 0 Å². The van der Waals surface area contributed by atoms with Crippen molar-refractivity contribution in [3.05, 3.63) is 29.8 Å². The van der Waals surface area contributed by atoms with Gasteiger partial charge in [0.25, 0.3) is 0 Å². The summed E-state index contributed by atoms with van der Waals surface area (Å²) < 4.78 is 1.67. The first kappa shape index (κ1) is 15.6. The molecule has 0 aliphatic carbocycles. The van der Waals surface area contributed by atoms with Crippen molar-refractivity contribution in [3.8, 4) is 17.5 Å². The molecule has 0 fully saturated rings. The van der Waals surface area contributed by atoms with E-state index in [0.29, 0.717) is 29.7 Å². The molecule has 0 saturated heterocycles. The van der Waals surface area contributed by atoms with Gasteiger partial charge in [0.15, 0.2) is 6.29 Å². The second-order valence-electron chi connectivity index (χ2n) is 2.97. The van der Waals surface area contributed by atoms with Crippen LogP contribution in [0.1, 0.15) is 16.2 Å². The van der Waals surface area contributed by atoms with Crippen LogP contribution >= 0.6 is 28.4 Å². The van der Waals surface area contributed by atoms with E-state index in [1.807, 2.05) is 6.07 Å². The minimum absolute atomic E-state index is 0.284. The molecule has 0 amide bonds. The fraction of sp³-hybridized carbons (Fsp3) is 0.100. The van der Waals surface area contributed by atoms with Gasteiger partial charge in [-0.1, -0.05) is 0 Å². The Kier molecular flexibility index (Phi) is 6.49. The molecular formula is C10H9IN5O2P. The van der Waals surface area contributed by atoms with Crippen LogP contribution in [0.15, 0.2) is 18.5 Å². The molecule has 0 bridgehead atoms. The zero-order valence-electron chi connectivity index (χ0n) is 9.78. The minimum atomic E-state index is 0.284. The summed E-state index contributed by atoms with van der Waals surface area (Å²) in [5.74, 6) is 0. The lowest BCUT2D eigenvalue weighted by atomic mass is 10.2. The average Bonchev–Trinajstić information content (AvgIpc) is 2.93. The maximum Gasteiger partial charge on any atom is 0.170 e. The summed E-state index contributed by atoms with van der Waals surface area (Å²) in [6.45, 7) is 0. The number of aromatic nitrogens is 4. The van der Waals surface area contributed by atoms with Crippen molar-refractivity contribution in [2.75, 3.05) is 7.11 Å². The van der Waals surface area contributed by atoms with Crippen molar-refractivity contribution in [1.29, 1.82) is 5.26 Å². The van der Waals surface area contributed by atoms with Gasteiger partial charge in [-0.3, -0.25) is 4.79 Å². The Bertz CT molecular complexity index is 610. The van der Waals surface area contributed by atoms with E-state index in [1.165, 1.54) is 6.33 Å². The van der Waals surface area contributed by atoms with Crippen LogP contribution in [-0.4, -0.2) is 38.0 Å². The van der Waals surface area contributed by atoms with E-state index in [2.05, 4.69) is 37.1 Å². The highest BCUT2D eigenvalue weighted by atomic mass is 127. The van der Waals surface area contributed by atoms with Gasteiger partial charge in [0, 0.05) is 13.2 Å². The first-order valence-corrected chi connectivity index (χ1v) is 8.93. The Hall–Kier alpha value is -1.43. The van der Waals surface area contributed by atoms with Gasteiger partial charge < -0.3 is 5.11 Å². The lowest BCUT2D eigenvalue weighted by molar-refractivity contribution is 0.111. The molecular weight excluding hydrogens is 380 g/mol. The van der Waals surface area contributed by atoms with E-state index >= 15 is 0 Å². The summed E-state index contributed by atoms with van der Waals surface area (Å²) in [5, 5.41) is 19.9. The van der Waals surface area contributed by atoms with Gasteiger partial charge >= 0.3 is 0 Å². The van der Waals surface area contributed by atoms with Crippen LogP contribution in [0.25, 0.3) is 11.4 Å². The normalized spacial score (nSPS) is 9.79. The van der Waals surface area contributed by atoms with Crippen LogP contribution < -0.4 is 0 Å². The van der Waals surface area contributed by atoms with Crippen LogP contribution in [0.3, 0.4) is 0 Å². The molecule has 0 aliphatic heterocycles. The van der Waals surface area contributed by atoms with Crippen molar-refractivity contribution in [2.24, 2.45) is 0 Å². The molecule has 9 heteroatoms. The van der Waals surface area contributed by atoms with Crippen LogP contribution in [-0.2, 0) is 0 Å². The Morgan fingerprint density at radius 2 is 2.21 bits per heavy atom. The number of rotatable bonds is 3. The Balaban J connectivity index is 0.000000861.